The van der Waals surface area contributed by atoms with Crippen LogP contribution in [0, 0.1) is 0 Å². The molecule has 3 rings (SSSR count). The standard InChI is InChI=1S/C24H32N4O5/c1-27(11-8-12-30-3)17-10-7-9-16(13-17)15-28(2)24-25-18-14-19(31-4)21(32-5)22(33-6)20(18)23(29)26-24/h7,9-10,13-14H,8,11-12,15H2,1-6H3,(H,25,26,29). The summed E-state index contributed by atoms with van der Waals surface area (Å²) in [7, 11) is 10.2. The smallest absolute Gasteiger partial charge is 0.286 e. The maximum atomic E-state index is 12.9. The molecule has 0 aliphatic heterocycles. The molecular weight excluding hydrogens is 424 g/mol. The Morgan fingerprint density at radius 2 is 1.73 bits per heavy atom. The quantitative estimate of drug-likeness (QED) is 0.441. The first-order valence-corrected chi connectivity index (χ1v) is 10.7. The van der Waals surface area contributed by atoms with Gasteiger partial charge in [-0.2, -0.15) is 4.98 Å². The van der Waals surface area contributed by atoms with E-state index in [2.05, 4.69) is 40.1 Å². The normalized spacial score (nSPS) is 10.8. The molecule has 0 radical (unpaired) electrons. The second kappa shape index (κ2) is 10.9. The van der Waals surface area contributed by atoms with E-state index in [4.69, 9.17) is 18.9 Å². The Balaban J connectivity index is 1.90. The van der Waals surface area contributed by atoms with Crippen molar-refractivity contribution in [2.75, 3.05) is 65.5 Å². The number of aromatic amines is 1. The van der Waals surface area contributed by atoms with Crippen molar-refractivity contribution in [2.24, 2.45) is 0 Å². The van der Waals surface area contributed by atoms with Crippen molar-refractivity contribution < 1.29 is 18.9 Å². The molecule has 0 spiro atoms. The summed E-state index contributed by atoms with van der Waals surface area (Å²) in [6.45, 7) is 2.20. The number of nitrogens with one attached hydrogen (secondary N) is 1. The summed E-state index contributed by atoms with van der Waals surface area (Å²) in [5.74, 6) is 1.55. The highest BCUT2D eigenvalue weighted by molar-refractivity contribution is 5.90. The number of anilines is 2. The fourth-order valence-corrected chi connectivity index (χ4v) is 3.76. The van der Waals surface area contributed by atoms with E-state index in [1.807, 2.05) is 18.0 Å². The number of hydrogen-bond donors (Lipinski definition) is 1. The van der Waals surface area contributed by atoms with E-state index in [1.54, 1.807) is 13.2 Å². The molecule has 0 aliphatic carbocycles. The van der Waals surface area contributed by atoms with Gasteiger partial charge < -0.3 is 33.7 Å². The Morgan fingerprint density at radius 3 is 2.39 bits per heavy atom. The average Bonchev–Trinajstić information content (AvgIpc) is 2.82. The SMILES string of the molecule is COCCCN(C)c1cccc(CN(C)c2nc(=O)c3c(OC)c(OC)c(OC)cc3[nH]2)c1. The molecule has 0 saturated heterocycles. The predicted octanol–water partition coefficient (Wildman–Crippen LogP) is 3.06. The molecule has 0 unspecified atom stereocenters. The maximum Gasteiger partial charge on any atom is 0.286 e. The van der Waals surface area contributed by atoms with Crippen LogP contribution >= 0.6 is 0 Å². The third kappa shape index (κ3) is 5.31. The lowest BCUT2D eigenvalue weighted by molar-refractivity contribution is 0.196. The summed E-state index contributed by atoms with van der Waals surface area (Å²) in [6.07, 6.45) is 0.955. The van der Waals surface area contributed by atoms with Crippen LogP contribution in [-0.2, 0) is 11.3 Å². The number of benzene rings is 2. The molecule has 0 saturated carbocycles. The van der Waals surface area contributed by atoms with Crippen LogP contribution in [0.2, 0.25) is 0 Å². The third-order valence-corrected chi connectivity index (χ3v) is 5.47. The minimum atomic E-state index is -0.407. The molecule has 1 aromatic heterocycles. The van der Waals surface area contributed by atoms with Gasteiger partial charge in [-0.3, -0.25) is 4.79 Å². The Hall–Kier alpha value is -3.46. The summed E-state index contributed by atoms with van der Waals surface area (Å²) in [6, 6.07) is 10.0. The fourth-order valence-electron chi connectivity index (χ4n) is 3.76. The number of methoxy groups -OCH3 is 4. The maximum absolute atomic E-state index is 12.9. The predicted molar refractivity (Wildman–Crippen MR) is 130 cm³/mol. The van der Waals surface area contributed by atoms with Gasteiger partial charge in [-0.05, 0) is 24.1 Å². The minimum Gasteiger partial charge on any atom is -0.493 e. The molecule has 0 amide bonds. The number of aromatic nitrogens is 2. The van der Waals surface area contributed by atoms with Crippen molar-refractivity contribution >= 4 is 22.5 Å². The lowest BCUT2D eigenvalue weighted by atomic mass is 10.1. The van der Waals surface area contributed by atoms with Crippen molar-refractivity contribution in [1.29, 1.82) is 0 Å². The van der Waals surface area contributed by atoms with Gasteiger partial charge in [0.2, 0.25) is 11.7 Å². The number of rotatable bonds is 11. The van der Waals surface area contributed by atoms with Crippen LogP contribution in [0.15, 0.2) is 35.1 Å². The first-order valence-electron chi connectivity index (χ1n) is 10.7. The first kappa shape index (κ1) is 24.2. The Kier molecular flexibility index (Phi) is 8.00. The zero-order valence-electron chi connectivity index (χ0n) is 20.1. The van der Waals surface area contributed by atoms with E-state index in [9.17, 15) is 4.79 Å². The molecule has 1 heterocycles. The molecule has 178 valence electrons. The summed E-state index contributed by atoms with van der Waals surface area (Å²) in [5, 5.41) is 0.312. The van der Waals surface area contributed by atoms with Crippen molar-refractivity contribution in [3.05, 3.63) is 46.2 Å². The van der Waals surface area contributed by atoms with Gasteiger partial charge in [0.15, 0.2) is 11.5 Å². The number of hydrogen-bond acceptors (Lipinski definition) is 8. The molecule has 0 aliphatic rings. The molecule has 9 nitrogen and oxygen atoms in total. The largest absolute Gasteiger partial charge is 0.493 e. The highest BCUT2D eigenvalue weighted by Gasteiger charge is 2.20. The van der Waals surface area contributed by atoms with Crippen molar-refractivity contribution in [1.82, 2.24) is 9.97 Å². The summed E-state index contributed by atoms with van der Waals surface area (Å²) < 4.78 is 21.4. The van der Waals surface area contributed by atoms with Crippen LogP contribution in [0.1, 0.15) is 12.0 Å². The van der Waals surface area contributed by atoms with E-state index in [0.29, 0.717) is 40.6 Å². The van der Waals surface area contributed by atoms with Crippen molar-refractivity contribution in [2.45, 2.75) is 13.0 Å². The van der Waals surface area contributed by atoms with Gasteiger partial charge in [-0.15, -0.1) is 0 Å². The number of fused-ring (bicyclic) bond motifs is 1. The highest BCUT2D eigenvalue weighted by Crippen LogP contribution is 2.41. The van der Waals surface area contributed by atoms with Crippen LogP contribution in [-0.4, -0.2) is 65.7 Å². The van der Waals surface area contributed by atoms with Gasteiger partial charge in [-0.25, -0.2) is 0 Å². The average molecular weight is 457 g/mol. The fraction of sp³-hybridized carbons (Fsp3) is 0.417. The number of nitrogens with zero attached hydrogens (tertiary/aromatic N) is 3. The lowest BCUT2D eigenvalue weighted by Crippen LogP contribution is -2.24. The van der Waals surface area contributed by atoms with E-state index in [1.165, 1.54) is 21.3 Å². The van der Waals surface area contributed by atoms with E-state index >= 15 is 0 Å². The monoisotopic (exact) mass is 456 g/mol. The minimum absolute atomic E-state index is 0.291. The first-order chi connectivity index (χ1) is 15.9. The van der Waals surface area contributed by atoms with Crippen LogP contribution in [0.25, 0.3) is 10.9 Å². The van der Waals surface area contributed by atoms with Gasteiger partial charge in [0.25, 0.3) is 5.56 Å². The lowest BCUT2D eigenvalue weighted by Gasteiger charge is -2.22. The van der Waals surface area contributed by atoms with Crippen molar-refractivity contribution in [3.63, 3.8) is 0 Å². The molecular formula is C24H32N4O5. The molecule has 1 N–H and O–H groups in total. The Morgan fingerprint density at radius 1 is 0.970 bits per heavy atom. The molecule has 0 atom stereocenters. The van der Waals surface area contributed by atoms with Gasteiger partial charge in [0.1, 0.15) is 5.39 Å². The zero-order valence-corrected chi connectivity index (χ0v) is 20.1. The van der Waals surface area contributed by atoms with Crippen LogP contribution in [0.5, 0.6) is 17.2 Å². The van der Waals surface area contributed by atoms with Gasteiger partial charge in [-0.1, -0.05) is 12.1 Å². The van der Waals surface area contributed by atoms with Gasteiger partial charge in [0, 0.05) is 52.7 Å². The highest BCUT2D eigenvalue weighted by atomic mass is 16.5. The van der Waals surface area contributed by atoms with Gasteiger partial charge in [0.05, 0.1) is 26.8 Å². The summed E-state index contributed by atoms with van der Waals surface area (Å²) in [4.78, 5) is 24.5. The summed E-state index contributed by atoms with van der Waals surface area (Å²) >= 11 is 0. The Labute approximate surface area is 193 Å². The van der Waals surface area contributed by atoms with E-state index < -0.39 is 5.56 Å². The topological polar surface area (TPSA) is 89.2 Å². The second-order valence-electron chi connectivity index (χ2n) is 7.73. The molecule has 9 heteroatoms. The van der Waals surface area contributed by atoms with Crippen molar-refractivity contribution in [3.8, 4) is 17.2 Å². The summed E-state index contributed by atoms with van der Waals surface area (Å²) in [5.41, 5.74) is 2.37. The van der Waals surface area contributed by atoms with Crippen LogP contribution in [0.4, 0.5) is 11.6 Å². The number of H-pyrrole nitrogens is 1. The van der Waals surface area contributed by atoms with Crippen LogP contribution < -0.4 is 29.6 Å². The van der Waals surface area contributed by atoms with Crippen LogP contribution in [0.3, 0.4) is 0 Å². The van der Waals surface area contributed by atoms with Gasteiger partial charge >= 0.3 is 0 Å². The molecule has 3 aromatic rings. The molecule has 33 heavy (non-hydrogen) atoms. The third-order valence-electron chi connectivity index (χ3n) is 5.47. The number of ether oxygens (including phenoxy) is 4. The molecule has 2 aromatic carbocycles. The van der Waals surface area contributed by atoms with E-state index in [0.717, 1.165) is 30.8 Å². The van der Waals surface area contributed by atoms with E-state index in [-0.39, 0.29) is 0 Å². The Bertz CT molecular complexity index is 1150. The molecule has 0 bridgehead atoms. The molecule has 0 fully saturated rings. The second-order valence-corrected chi connectivity index (χ2v) is 7.73. The zero-order chi connectivity index (χ0) is 24.0.